The summed E-state index contributed by atoms with van der Waals surface area (Å²) in [5.41, 5.74) is 5.01. The number of aromatic nitrogens is 1. The molecule has 170 valence electrons. The van der Waals surface area contributed by atoms with Crippen molar-refractivity contribution in [2.45, 2.75) is 97.8 Å². The fraction of sp³-hybridized carbons (Fsp3) is 0.630. The van der Waals surface area contributed by atoms with Gasteiger partial charge in [0, 0.05) is 0 Å². The molecule has 0 aliphatic heterocycles. The summed E-state index contributed by atoms with van der Waals surface area (Å²) in [6.45, 7) is 15.8. The first kappa shape index (κ1) is 24.0. The molecule has 0 amide bonds. The summed E-state index contributed by atoms with van der Waals surface area (Å²) in [6, 6.07) is 6.96. The van der Waals surface area contributed by atoms with E-state index in [2.05, 4.69) is 59.7 Å². The molecular weight excluding hydrogens is 402 g/mol. The average molecular weight is 442 g/mol. The molecular formula is C27H39NO2S. The zero-order valence-electron chi connectivity index (χ0n) is 20.4. The van der Waals surface area contributed by atoms with Gasteiger partial charge in [-0.05, 0) is 58.9 Å². The Bertz CT molecular complexity index is 876. The number of ether oxygens (including phenoxy) is 1. The number of carbonyl (C=O) groups excluding carboxylic acids is 1. The maximum absolute atomic E-state index is 12.5. The van der Waals surface area contributed by atoms with E-state index in [4.69, 9.17) is 9.72 Å². The summed E-state index contributed by atoms with van der Waals surface area (Å²) in [7, 11) is 0. The number of esters is 1. The highest BCUT2D eigenvalue weighted by Crippen LogP contribution is 2.39. The molecule has 0 atom stereocenters. The average Bonchev–Trinajstić information content (AvgIpc) is 3.11. The summed E-state index contributed by atoms with van der Waals surface area (Å²) in [6.07, 6.45) is 7.44. The zero-order chi connectivity index (χ0) is 22.8. The highest BCUT2D eigenvalue weighted by Gasteiger charge is 2.26. The van der Waals surface area contributed by atoms with Crippen molar-refractivity contribution in [1.29, 1.82) is 0 Å². The molecule has 31 heavy (non-hydrogen) atoms. The lowest BCUT2D eigenvalue weighted by molar-refractivity contribution is 0.0525. The minimum absolute atomic E-state index is 0.0498. The molecule has 0 N–H and O–H groups in total. The number of thiazole rings is 1. The van der Waals surface area contributed by atoms with E-state index >= 15 is 0 Å². The summed E-state index contributed by atoms with van der Waals surface area (Å²) < 4.78 is 5.29. The number of nitrogens with zero attached hydrogens (tertiary/aromatic N) is 1. The van der Waals surface area contributed by atoms with E-state index in [1.807, 2.05) is 6.92 Å². The highest BCUT2D eigenvalue weighted by atomic mass is 32.1. The molecule has 0 bridgehead atoms. The van der Waals surface area contributed by atoms with E-state index in [-0.39, 0.29) is 16.8 Å². The minimum Gasteiger partial charge on any atom is -0.461 e. The lowest BCUT2D eigenvalue weighted by atomic mass is 9.79. The van der Waals surface area contributed by atoms with Gasteiger partial charge < -0.3 is 4.74 Å². The second-order valence-corrected chi connectivity index (χ2v) is 12.0. The Hall–Kier alpha value is -1.68. The van der Waals surface area contributed by atoms with Gasteiger partial charge in [-0.3, -0.25) is 0 Å². The number of hydrogen-bond acceptors (Lipinski definition) is 4. The largest absolute Gasteiger partial charge is 0.461 e. The summed E-state index contributed by atoms with van der Waals surface area (Å²) in [5, 5.41) is 0.487. The molecule has 1 saturated carbocycles. The van der Waals surface area contributed by atoms with Crippen LogP contribution in [0.1, 0.15) is 107 Å². The molecule has 2 aromatic rings. The lowest BCUT2D eigenvalue weighted by Crippen LogP contribution is -2.16. The van der Waals surface area contributed by atoms with Gasteiger partial charge in [0.2, 0.25) is 5.01 Å². The van der Waals surface area contributed by atoms with E-state index in [1.54, 1.807) is 0 Å². The van der Waals surface area contributed by atoms with Crippen LogP contribution < -0.4 is 0 Å². The molecule has 3 rings (SSSR count). The van der Waals surface area contributed by atoms with Gasteiger partial charge in [-0.2, -0.15) is 0 Å². The fourth-order valence-electron chi connectivity index (χ4n) is 4.29. The third-order valence-electron chi connectivity index (χ3n) is 6.28. The van der Waals surface area contributed by atoms with Crippen molar-refractivity contribution in [2.75, 3.05) is 6.61 Å². The molecule has 4 heteroatoms. The Labute approximate surface area is 192 Å². The van der Waals surface area contributed by atoms with Crippen LogP contribution in [0.25, 0.3) is 10.4 Å². The van der Waals surface area contributed by atoms with Gasteiger partial charge in [0.05, 0.1) is 17.2 Å². The molecule has 0 spiro atoms. The summed E-state index contributed by atoms with van der Waals surface area (Å²) in [5.74, 6) is 0.365. The molecule has 1 aromatic carbocycles. The highest BCUT2D eigenvalue weighted by molar-refractivity contribution is 7.17. The zero-order valence-corrected chi connectivity index (χ0v) is 21.2. The molecule has 0 unspecified atom stereocenters. The SMILES string of the molecule is CCOC(=O)c1nc(CC2CCCCC2)c(-c2cc(C(C)(C)C)cc(C(C)(C)C)c2)s1. The second-order valence-electron chi connectivity index (χ2n) is 11.0. The maximum Gasteiger partial charge on any atom is 0.367 e. The number of benzene rings is 1. The van der Waals surface area contributed by atoms with E-state index in [0.717, 1.165) is 17.0 Å². The summed E-state index contributed by atoms with van der Waals surface area (Å²) >= 11 is 1.50. The third-order valence-corrected chi connectivity index (χ3v) is 7.41. The molecule has 3 nitrogen and oxygen atoms in total. The van der Waals surface area contributed by atoms with Crippen LogP contribution in [-0.2, 0) is 22.0 Å². The lowest BCUT2D eigenvalue weighted by Gasteiger charge is -2.26. The molecule has 1 aromatic heterocycles. The smallest absolute Gasteiger partial charge is 0.367 e. The normalized spacial score (nSPS) is 15.8. The Balaban J connectivity index is 2.11. The predicted molar refractivity (Wildman–Crippen MR) is 131 cm³/mol. The summed E-state index contributed by atoms with van der Waals surface area (Å²) in [4.78, 5) is 18.5. The van der Waals surface area contributed by atoms with Crippen LogP contribution in [-0.4, -0.2) is 17.6 Å². The van der Waals surface area contributed by atoms with Crippen molar-refractivity contribution < 1.29 is 9.53 Å². The van der Waals surface area contributed by atoms with E-state index < -0.39 is 0 Å². The van der Waals surface area contributed by atoms with Crippen LogP contribution in [0, 0.1) is 5.92 Å². The molecule has 0 saturated heterocycles. The Morgan fingerprint density at radius 3 is 2.10 bits per heavy atom. The minimum atomic E-state index is -0.299. The predicted octanol–water partition coefficient (Wildman–Crippen LogP) is 7.70. The maximum atomic E-state index is 12.5. The molecule has 0 radical (unpaired) electrons. The number of rotatable bonds is 5. The van der Waals surface area contributed by atoms with Crippen LogP contribution in [0.3, 0.4) is 0 Å². The van der Waals surface area contributed by atoms with E-state index in [0.29, 0.717) is 17.5 Å². The molecule has 1 heterocycles. The monoisotopic (exact) mass is 441 g/mol. The fourth-order valence-corrected chi connectivity index (χ4v) is 5.26. The Morgan fingerprint density at radius 1 is 1.00 bits per heavy atom. The molecule has 1 fully saturated rings. The number of hydrogen-bond donors (Lipinski definition) is 0. The van der Waals surface area contributed by atoms with Gasteiger partial charge in [0.15, 0.2) is 0 Å². The van der Waals surface area contributed by atoms with Gasteiger partial charge in [0.25, 0.3) is 0 Å². The standard InChI is InChI=1S/C27H39NO2S/c1-8-30-25(29)24-28-22(14-18-12-10-9-11-13-18)23(31-24)19-15-20(26(2,3)4)17-21(16-19)27(5,6)7/h15-18H,8-14H2,1-7H3. The van der Waals surface area contributed by atoms with Crippen molar-refractivity contribution in [2.24, 2.45) is 5.92 Å². The topological polar surface area (TPSA) is 39.2 Å². The van der Waals surface area contributed by atoms with E-state index in [1.165, 1.54) is 60.1 Å². The van der Waals surface area contributed by atoms with Gasteiger partial charge in [0.1, 0.15) is 0 Å². The Morgan fingerprint density at radius 2 is 1.58 bits per heavy atom. The Kier molecular flexibility index (Phi) is 7.30. The van der Waals surface area contributed by atoms with Crippen molar-refractivity contribution in [3.63, 3.8) is 0 Å². The van der Waals surface area contributed by atoms with Gasteiger partial charge in [-0.1, -0.05) is 79.7 Å². The first-order valence-electron chi connectivity index (χ1n) is 11.8. The molecule has 1 aliphatic carbocycles. The van der Waals surface area contributed by atoms with Crippen LogP contribution in [0.5, 0.6) is 0 Å². The van der Waals surface area contributed by atoms with Gasteiger partial charge in [-0.15, -0.1) is 11.3 Å². The van der Waals surface area contributed by atoms with Crippen LogP contribution in [0.2, 0.25) is 0 Å². The van der Waals surface area contributed by atoms with Gasteiger partial charge >= 0.3 is 5.97 Å². The number of carbonyl (C=O) groups is 1. The first-order chi connectivity index (χ1) is 14.5. The quantitative estimate of drug-likeness (QED) is 0.446. The van der Waals surface area contributed by atoms with Crippen molar-refractivity contribution >= 4 is 17.3 Å². The first-order valence-corrected chi connectivity index (χ1v) is 12.6. The van der Waals surface area contributed by atoms with Crippen LogP contribution in [0.15, 0.2) is 18.2 Å². The van der Waals surface area contributed by atoms with Gasteiger partial charge in [-0.25, -0.2) is 9.78 Å². The van der Waals surface area contributed by atoms with Crippen molar-refractivity contribution in [1.82, 2.24) is 4.98 Å². The van der Waals surface area contributed by atoms with Crippen LogP contribution in [0.4, 0.5) is 0 Å². The second kappa shape index (κ2) is 9.44. The van der Waals surface area contributed by atoms with E-state index in [9.17, 15) is 4.79 Å². The van der Waals surface area contributed by atoms with Crippen LogP contribution >= 0.6 is 11.3 Å². The van der Waals surface area contributed by atoms with Crippen molar-refractivity contribution in [3.8, 4) is 10.4 Å². The molecule has 1 aliphatic rings. The van der Waals surface area contributed by atoms with Crippen molar-refractivity contribution in [3.05, 3.63) is 40.0 Å². The third kappa shape index (κ3) is 5.97.